The summed E-state index contributed by atoms with van der Waals surface area (Å²) in [6.07, 6.45) is -0.936. The predicted octanol–water partition coefficient (Wildman–Crippen LogP) is 0.973. The van der Waals surface area contributed by atoms with Crippen molar-refractivity contribution in [1.82, 2.24) is 0 Å². The highest BCUT2D eigenvalue weighted by atomic mass is 16.6. The molecule has 0 aliphatic carbocycles. The molecule has 6 nitrogen and oxygen atoms in total. The van der Waals surface area contributed by atoms with Crippen LogP contribution < -0.4 is 0 Å². The molecule has 1 aromatic rings. The molecule has 0 saturated carbocycles. The number of aliphatic hydroxyl groups excluding tert-OH is 1. The number of hydrogen-bond acceptors (Lipinski definition) is 4. The maximum absolute atomic E-state index is 10.4. The van der Waals surface area contributed by atoms with E-state index in [9.17, 15) is 14.9 Å². The quantitative estimate of drug-likeness (QED) is 0.574. The van der Waals surface area contributed by atoms with Gasteiger partial charge in [-0.1, -0.05) is 12.1 Å². The molecule has 0 fully saturated rings. The second kappa shape index (κ2) is 5.22. The van der Waals surface area contributed by atoms with Crippen LogP contribution in [0.1, 0.15) is 12.0 Å². The van der Waals surface area contributed by atoms with Gasteiger partial charge in [0, 0.05) is 12.1 Å². The van der Waals surface area contributed by atoms with Crippen LogP contribution in [0.25, 0.3) is 0 Å². The third-order valence-electron chi connectivity index (χ3n) is 2.14. The minimum Gasteiger partial charge on any atom is -0.479 e. The summed E-state index contributed by atoms with van der Waals surface area (Å²) in [7, 11) is 0. The number of carboxylic acid groups (broad SMARTS) is 1. The first-order chi connectivity index (χ1) is 7.50. The van der Waals surface area contributed by atoms with E-state index in [0.717, 1.165) is 5.56 Å². The average Bonchev–Trinajstić information content (AvgIpc) is 2.26. The fourth-order valence-corrected chi connectivity index (χ4v) is 1.21. The lowest BCUT2D eigenvalue weighted by atomic mass is 10.1. The summed E-state index contributed by atoms with van der Waals surface area (Å²) in [6.45, 7) is 0. The molecule has 0 saturated heterocycles. The molecule has 0 bridgehead atoms. The Morgan fingerprint density at radius 1 is 1.38 bits per heavy atom. The van der Waals surface area contributed by atoms with Crippen LogP contribution in [-0.2, 0) is 11.2 Å². The molecule has 0 aliphatic rings. The standard InChI is InChI=1S/C10H11NO5/c12-9(10(13)14)6-3-7-1-4-8(5-2-7)11(15)16/h1-2,4-5,9,12H,3,6H2,(H,13,14)/t9-/m1/s1. The Kier molecular flexibility index (Phi) is 3.96. The molecule has 0 spiro atoms. The maximum atomic E-state index is 10.4. The van der Waals surface area contributed by atoms with Crippen molar-refractivity contribution in [3.63, 3.8) is 0 Å². The summed E-state index contributed by atoms with van der Waals surface area (Å²) in [5, 5.41) is 27.8. The van der Waals surface area contributed by atoms with Crippen LogP contribution >= 0.6 is 0 Å². The Labute approximate surface area is 91.3 Å². The number of aliphatic hydroxyl groups is 1. The van der Waals surface area contributed by atoms with E-state index in [0.29, 0.717) is 6.42 Å². The molecule has 0 aliphatic heterocycles. The topological polar surface area (TPSA) is 101 Å². The van der Waals surface area contributed by atoms with Crippen molar-refractivity contribution in [2.45, 2.75) is 18.9 Å². The van der Waals surface area contributed by atoms with Crippen LogP contribution in [0.2, 0.25) is 0 Å². The van der Waals surface area contributed by atoms with E-state index in [1.54, 1.807) is 12.1 Å². The first-order valence-corrected chi connectivity index (χ1v) is 4.65. The molecule has 1 aromatic carbocycles. The molecule has 0 heterocycles. The molecule has 0 radical (unpaired) electrons. The summed E-state index contributed by atoms with van der Waals surface area (Å²) in [6, 6.07) is 5.80. The number of aliphatic carboxylic acids is 1. The monoisotopic (exact) mass is 225 g/mol. The van der Waals surface area contributed by atoms with Crippen molar-refractivity contribution in [2.24, 2.45) is 0 Å². The van der Waals surface area contributed by atoms with Gasteiger partial charge in [0.15, 0.2) is 6.10 Å². The minimum absolute atomic E-state index is 0.0115. The van der Waals surface area contributed by atoms with Gasteiger partial charge in [0.1, 0.15) is 0 Å². The number of hydrogen-bond donors (Lipinski definition) is 2. The molecule has 0 aromatic heterocycles. The van der Waals surface area contributed by atoms with Crippen molar-refractivity contribution in [2.75, 3.05) is 0 Å². The average molecular weight is 225 g/mol. The normalized spacial score (nSPS) is 12.1. The SMILES string of the molecule is O=C(O)[C@H](O)CCc1ccc([N+](=O)[O-])cc1. The number of rotatable bonds is 5. The van der Waals surface area contributed by atoms with Gasteiger partial charge in [-0.05, 0) is 18.4 Å². The van der Waals surface area contributed by atoms with Crippen LogP contribution in [0.4, 0.5) is 5.69 Å². The van der Waals surface area contributed by atoms with Crippen molar-refractivity contribution >= 4 is 11.7 Å². The summed E-state index contributed by atoms with van der Waals surface area (Å²) >= 11 is 0. The van der Waals surface area contributed by atoms with Gasteiger partial charge in [-0.2, -0.15) is 0 Å². The van der Waals surface area contributed by atoms with E-state index in [-0.39, 0.29) is 12.1 Å². The summed E-state index contributed by atoms with van der Waals surface area (Å²) < 4.78 is 0. The summed E-state index contributed by atoms with van der Waals surface area (Å²) in [5.74, 6) is -1.26. The van der Waals surface area contributed by atoms with E-state index < -0.39 is 17.0 Å². The molecular formula is C10H11NO5. The number of aryl methyl sites for hydroxylation is 1. The van der Waals surface area contributed by atoms with Crippen molar-refractivity contribution < 1.29 is 19.9 Å². The molecule has 0 unspecified atom stereocenters. The zero-order valence-corrected chi connectivity index (χ0v) is 8.37. The van der Waals surface area contributed by atoms with E-state index >= 15 is 0 Å². The Morgan fingerprint density at radius 2 is 1.94 bits per heavy atom. The number of benzene rings is 1. The van der Waals surface area contributed by atoms with Gasteiger partial charge in [-0.3, -0.25) is 10.1 Å². The second-order valence-corrected chi connectivity index (χ2v) is 3.32. The molecule has 16 heavy (non-hydrogen) atoms. The van der Waals surface area contributed by atoms with Gasteiger partial charge >= 0.3 is 5.97 Å². The third kappa shape index (κ3) is 3.32. The van der Waals surface area contributed by atoms with E-state index in [1.807, 2.05) is 0 Å². The largest absolute Gasteiger partial charge is 0.479 e. The fraction of sp³-hybridized carbons (Fsp3) is 0.300. The number of nitro groups is 1. The highest BCUT2D eigenvalue weighted by molar-refractivity contribution is 5.71. The zero-order chi connectivity index (χ0) is 12.1. The van der Waals surface area contributed by atoms with Crippen LogP contribution in [0.3, 0.4) is 0 Å². The fourth-order valence-electron chi connectivity index (χ4n) is 1.21. The molecule has 86 valence electrons. The molecule has 1 rings (SSSR count). The highest BCUT2D eigenvalue weighted by Gasteiger charge is 2.12. The van der Waals surface area contributed by atoms with Crippen molar-refractivity contribution in [3.05, 3.63) is 39.9 Å². The third-order valence-corrected chi connectivity index (χ3v) is 2.14. The number of carboxylic acids is 1. The van der Waals surface area contributed by atoms with Gasteiger partial charge in [-0.25, -0.2) is 4.79 Å². The second-order valence-electron chi connectivity index (χ2n) is 3.32. The summed E-state index contributed by atoms with van der Waals surface area (Å²) in [4.78, 5) is 20.2. The zero-order valence-electron chi connectivity index (χ0n) is 8.37. The van der Waals surface area contributed by atoms with Crippen molar-refractivity contribution in [3.8, 4) is 0 Å². The molecule has 6 heteroatoms. The first kappa shape index (κ1) is 12.1. The van der Waals surface area contributed by atoms with E-state index in [4.69, 9.17) is 10.2 Å². The van der Waals surface area contributed by atoms with Crippen LogP contribution in [-0.4, -0.2) is 27.2 Å². The minimum atomic E-state index is -1.39. The van der Waals surface area contributed by atoms with Gasteiger partial charge in [0.25, 0.3) is 5.69 Å². The molecule has 1 atom stereocenters. The van der Waals surface area contributed by atoms with E-state index in [1.165, 1.54) is 12.1 Å². The number of non-ortho nitro benzene ring substituents is 1. The summed E-state index contributed by atoms with van der Waals surface area (Å²) in [5.41, 5.74) is 0.744. The maximum Gasteiger partial charge on any atom is 0.332 e. The van der Waals surface area contributed by atoms with Gasteiger partial charge in [-0.15, -0.1) is 0 Å². The number of carbonyl (C=O) groups is 1. The lowest BCUT2D eigenvalue weighted by molar-refractivity contribution is -0.384. The van der Waals surface area contributed by atoms with Gasteiger partial charge in [0.2, 0.25) is 0 Å². The van der Waals surface area contributed by atoms with Crippen LogP contribution in [0.5, 0.6) is 0 Å². The first-order valence-electron chi connectivity index (χ1n) is 4.65. The van der Waals surface area contributed by atoms with E-state index in [2.05, 4.69) is 0 Å². The van der Waals surface area contributed by atoms with Gasteiger partial charge in [0.05, 0.1) is 4.92 Å². The highest BCUT2D eigenvalue weighted by Crippen LogP contribution is 2.13. The Bertz CT molecular complexity index is 387. The lowest BCUT2D eigenvalue weighted by Gasteiger charge is -2.04. The van der Waals surface area contributed by atoms with Crippen LogP contribution in [0, 0.1) is 10.1 Å². The van der Waals surface area contributed by atoms with Crippen LogP contribution in [0.15, 0.2) is 24.3 Å². The predicted molar refractivity (Wildman–Crippen MR) is 55.1 cm³/mol. The molecule has 2 N–H and O–H groups in total. The van der Waals surface area contributed by atoms with Crippen molar-refractivity contribution in [1.29, 1.82) is 0 Å². The smallest absolute Gasteiger partial charge is 0.332 e. The number of nitrogens with zero attached hydrogens (tertiary/aromatic N) is 1. The molecule has 0 amide bonds. The van der Waals surface area contributed by atoms with Gasteiger partial charge < -0.3 is 10.2 Å². The Balaban J connectivity index is 2.56. The number of nitro benzene ring substituents is 1. The molecular weight excluding hydrogens is 214 g/mol. The Morgan fingerprint density at radius 3 is 2.38 bits per heavy atom. The Hall–Kier alpha value is -1.95. The lowest BCUT2D eigenvalue weighted by Crippen LogP contribution is -2.19.